The van der Waals surface area contributed by atoms with Gasteiger partial charge in [0.25, 0.3) is 0 Å². The van der Waals surface area contributed by atoms with E-state index in [0.717, 1.165) is 37.1 Å². The first-order valence-electron chi connectivity index (χ1n) is 11.0. The zero-order valence-corrected chi connectivity index (χ0v) is 19.5. The van der Waals surface area contributed by atoms with E-state index < -0.39 is 15.4 Å². The third-order valence-corrected chi connectivity index (χ3v) is 6.97. The number of likely N-dealkylation sites (tertiary alicyclic amines) is 1. The topological polar surface area (TPSA) is 75.7 Å². The van der Waals surface area contributed by atoms with Crippen LogP contribution in [0.25, 0.3) is 0 Å². The normalized spacial score (nSPS) is 23.9. The van der Waals surface area contributed by atoms with Crippen molar-refractivity contribution in [2.45, 2.75) is 63.9 Å². The molecule has 2 aliphatic heterocycles. The molecule has 2 heterocycles. The third kappa shape index (κ3) is 6.45. The van der Waals surface area contributed by atoms with Crippen LogP contribution in [0.3, 0.4) is 0 Å². The largest absolute Gasteiger partial charge is 0.444 e. The molecule has 0 saturated carbocycles. The average Bonchev–Trinajstić information content (AvgIpc) is 2.66. The van der Waals surface area contributed by atoms with E-state index in [1.54, 1.807) is 0 Å². The highest BCUT2D eigenvalue weighted by Gasteiger charge is 2.38. The van der Waals surface area contributed by atoms with Crippen molar-refractivity contribution in [2.75, 3.05) is 25.9 Å². The molecular weight excluding hydrogens is 400 g/mol. The SMILES string of the molecule is CC(C)(C)OC(=O)N1CCC(C2CCNCC2)C[C@@H]1c1ccc(CS(C)(=O)=O)cc1. The maximum absolute atomic E-state index is 12.9. The summed E-state index contributed by atoms with van der Waals surface area (Å²) in [6.45, 7) is 8.51. The van der Waals surface area contributed by atoms with Gasteiger partial charge >= 0.3 is 6.09 Å². The first kappa shape index (κ1) is 23.1. The molecule has 30 heavy (non-hydrogen) atoms. The number of nitrogens with zero attached hydrogens (tertiary/aromatic N) is 1. The van der Waals surface area contributed by atoms with Gasteiger partial charge < -0.3 is 15.0 Å². The number of nitrogens with one attached hydrogen (secondary N) is 1. The Hall–Kier alpha value is -1.60. The Balaban J connectivity index is 1.81. The quantitative estimate of drug-likeness (QED) is 0.774. The van der Waals surface area contributed by atoms with Gasteiger partial charge in [-0.2, -0.15) is 0 Å². The lowest BCUT2D eigenvalue weighted by Gasteiger charge is -2.43. The third-order valence-electron chi connectivity index (χ3n) is 6.11. The van der Waals surface area contributed by atoms with Gasteiger partial charge in [-0.1, -0.05) is 24.3 Å². The van der Waals surface area contributed by atoms with Gasteiger partial charge in [-0.05, 0) is 82.5 Å². The Morgan fingerprint density at radius 2 is 1.73 bits per heavy atom. The van der Waals surface area contributed by atoms with Crippen LogP contribution in [0.5, 0.6) is 0 Å². The molecule has 0 aromatic heterocycles. The van der Waals surface area contributed by atoms with Crippen molar-refractivity contribution < 1.29 is 17.9 Å². The molecule has 2 atom stereocenters. The van der Waals surface area contributed by atoms with Crippen LogP contribution < -0.4 is 5.32 Å². The summed E-state index contributed by atoms with van der Waals surface area (Å²) in [6.07, 6.45) is 5.29. The molecular formula is C23H36N2O4S. The molecule has 6 nitrogen and oxygen atoms in total. The number of hydrogen-bond donors (Lipinski definition) is 1. The summed E-state index contributed by atoms with van der Waals surface area (Å²) in [6, 6.07) is 7.66. The lowest BCUT2D eigenvalue weighted by molar-refractivity contribution is -0.00112. The predicted octanol–water partition coefficient (Wildman–Crippen LogP) is 3.92. The van der Waals surface area contributed by atoms with Crippen LogP contribution in [0.2, 0.25) is 0 Å². The van der Waals surface area contributed by atoms with Crippen molar-refractivity contribution in [3.63, 3.8) is 0 Å². The first-order chi connectivity index (χ1) is 14.0. The number of carbonyl (C=O) groups is 1. The molecule has 3 rings (SSSR count). The number of amides is 1. The van der Waals surface area contributed by atoms with Crippen LogP contribution in [0.4, 0.5) is 4.79 Å². The average molecular weight is 437 g/mol. The number of piperidine rings is 2. The van der Waals surface area contributed by atoms with Gasteiger partial charge in [0.05, 0.1) is 11.8 Å². The predicted molar refractivity (Wildman–Crippen MR) is 119 cm³/mol. The molecule has 7 heteroatoms. The van der Waals surface area contributed by atoms with Crippen molar-refractivity contribution in [2.24, 2.45) is 11.8 Å². The van der Waals surface area contributed by atoms with E-state index in [2.05, 4.69) is 5.32 Å². The maximum atomic E-state index is 12.9. The number of ether oxygens (including phenoxy) is 1. The molecule has 0 bridgehead atoms. The van der Waals surface area contributed by atoms with Crippen molar-refractivity contribution in [1.29, 1.82) is 0 Å². The molecule has 1 aromatic rings. The molecule has 0 aliphatic carbocycles. The van der Waals surface area contributed by atoms with Gasteiger partial charge in [-0.25, -0.2) is 13.2 Å². The van der Waals surface area contributed by atoms with E-state index in [9.17, 15) is 13.2 Å². The zero-order chi connectivity index (χ0) is 21.9. The summed E-state index contributed by atoms with van der Waals surface area (Å²) in [4.78, 5) is 14.8. The lowest BCUT2D eigenvalue weighted by Crippen LogP contribution is -2.45. The highest BCUT2D eigenvalue weighted by molar-refractivity contribution is 7.89. The molecule has 0 spiro atoms. The van der Waals surface area contributed by atoms with E-state index in [0.29, 0.717) is 18.4 Å². The molecule has 2 fully saturated rings. The second kappa shape index (κ2) is 9.27. The fourth-order valence-electron chi connectivity index (χ4n) is 4.73. The van der Waals surface area contributed by atoms with Crippen LogP contribution in [0, 0.1) is 11.8 Å². The number of hydrogen-bond acceptors (Lipinski definition) is 5. The summed E-state index contributed by atoms with van der Waals surface area (Å²) < 4.78 is 28.9. The van der Waals surface area contributed by atoms with Crippen molar-refractivity contribution in [1.82, 2.24) is 10.2 Å². The second-order valence-electron chi connectivity index (χ2n) is 9.87. The van der Waals surface area contributed by atoms with Crippen LogP contribution >= 0.6 is 0 Å². The Bertz CT molecular complexity index is 824. The molecule has 1 amide bonds. The Morgan fingerprint density at radius 1 is 1.10 bits per heavy atom. The number of rotatable bonds is 4. The van der Waals surface area contributed by atoms with Crippen LogP contribution in [-0.2, 0) is 20.3 Å². The highest BCUT2D eigenvalue weighted by atomic mass is 32.2. The number of carbonyl (C=O) groups excluding carboxylic acids is 1. The summed E-state index contributed by atoms with van der Waals surface area (Å²) in [5, 5.41) is 3.44. The minimum atomic E-state index is -3.07. The van der Waals surface area contributed by atoms with Crippen molar-refractivity contribution in [3.8, 4) is 0 Å². The Kier molecular flexibility index (Phi) is 7.13. The van der Waals surface area contributed by atoms with E-state index in [-0.39, 0.29) is 17.9 Å². The van der Waals surface area contributed by atoms with Crippen molar-refractivity contribution >= 4 is 15.9 Å². The Labute approximate surface area is 181 Å². The summed E-state index contributed by atoms with van der Waals surface area (Å²) >= 11 is 0. The molecule has 1 N–H and O–H groups in total. The zero-order valence-electron chi connectivity index (χ0n) is 18.7. The van der Waals surface area contributed by atoms with E-state index in [4.69, 9.17) is 4.74 Å². The summed E-state index contributed by atoms with van der Waals surface area (Å²) in [5.74, 6) is 1.32. The Morgan fingerprint density at radius 3 is 2.30 bits per heavy atom. The monoisotopic (exact) mass is 436 g/mol. The minimum absolute atomic E-state index is 0.0332. The smallest absolute Gasteiger partial charge is 0.410 e. The van der Waals surface area contributed by atoms with Gasteiger partial charge in [0.2, 0.25) is 0 Å². The summed E-state index contributed by atoms with van der Waals surface area (Å²) in [7, 11) is -3.07. The van der Waals surface area contributed by atoms with Gasteiger partial charge in [0.15, 0.2) is 9.84 Å². The standard InChI is InChI=1S/C23H36N2O4S/c1-23(2,3)29-22(26)25-14-11-20(18-9-12-24-13-10-18)15-21(25)19-7-5-17(6-8-19)16-30(4,27)28/h5-8,18,20-21,24H,9-16H2,1-4H3/t20?,21-/m1/s1. The van der Waals surface area contributed by atoms with Gasteiger partial charge in [0, 0.05) is 12.8 Å². The fraction of sp³-hybridized carbons (Fsp3) is 0.696. The summed E-state index contributed by atoms with van der Waals surface area (Å²) in [5.41, 5.74) is 1.29. The minimum Gasteiger partial charge on any atom is -0.444 e. The lowest BCUT2D eigenvalue weighted by atomic mass is 9.75. The highest BCUT2D eigenvalue weighted by Crippen LogP contribution is 2.40. The molecule has 2 aliphatic rings. The maximum Gasteiger partial charge on any atom is 0.410 e. The second-order valence-corrected chi connectivity index (χ2v) is 12.0. The van der Waals surface area contributed by atoms with Gasteiger partial charge in [-0.3, -0.25) is 0 Å². The van der Waals surface area contributed by atoms with E-state index >= 15 is 0 Å². The van der Waals surface area contributed by atoms with Crippen molar-refractivity contribution in [3.05, 3.63) is 35.4 Å². The molecule has 2 saturated heterocycles. The molecule has 0 radical (unpaired) electrons. The van der Waals surface area contributed by atoms with E-state index in [1.165, 1.54) is 19.1 Å². The first-order valence-corrected chi connectivity index (χ1v) is 13.0. The van der Waals surface area contributed by atoms with Gasteiger partial charge in [-0.15, -0.1) is 0 Å². The molecule has 1 aromatic carbocycles. The molecule has 1 unspecified atom stereocenters. The number of sulfone groups is 1. The fourth-order valence-corrected chi connectivity index (χ4v) is 5.53. The van der Waals surface area contributed by atoms with E-state index in [1.807, 2.05) is 49.9 Å². The van der Waals surface area contributed by atoms with Gasteiger partial charge in [0.1, 0.15) is 5.60 Å². The van der Waals surface area contributed by atoms with Crippen LogP contribution in [0.1, 0.15) is 63.6 Å². The van der Waals surface area contributed by atoms with Crippen LogP contribution in [0.15, 0.2) is 24.3 Å². The molecule has 168 valence electrons. The number of benzene rings is 1. The van der Waals surface area contributed by atoms with Crippen LogP contribution in [-0.4, -0.2) is 50.9 Å².